The molecule has 1 atom stereocenters. The molecule has 0 aromatic carbocycles. The van der Waals surface area contributed by atoms with E-state index in [0.717, 1.165) is 0 Å². The first-order valence-electron chi connectivity index (χ1n) is 2.38. The molecule has 0 bridgehead atoms. The van der Waals surface area contributed by atoms with Crippen molar-refractivity contribution in [2.45, 2.75) is 0 Å². The van der Waals surface area contributed by atoms with Gasteiger partial charge in [-0.15, -0.1) is 0 Å². The van der Waals surface area contributed by atoms with Crippen LogP contribution in [-0.2, 0) is 41.8 Å². The monoisotopic (exact) mass is 241 g/mol. The molecule has 0 saturated carbocycles. The van der Waals surface area contributed by atoms with Crippen LogP contribution < -0.4 is 0 Å². The van der Waals surface area contributed by atoms with E-state index >= 15 is 0 Å². The minimum absolute atomic E-state index is 0. The van der Waals surface area contributed by atoms with E-state index < -0.39 is 8.03 Å². The van der Waals surface area contributed by atoms with Crippen LogP contribution in [0.1, 0.15) is 0 Å². The Morgan fingerprint density at radius 1 is 1.50 bits per heavy atom. The second-order valence-corrected chi connectivity index (χ2v) is 3.28. The van der Waals surface area contributed by atoms with Gasteiger partial charge in [0.1, 0.15) is 0 Å². The molecule has 0 N–H and O–H groups in total. The number of nitrogens with zero attached hydrogens (tertiary/aromatic N) is 1. The van der Waals surface area contributed by atoms with Crippen molar-refractivity contribution in [1.82, 2.24) is 4.90 Å². The SMILES string of the molecule is CO[PH](=O)CN(C)C.[CH3-].[Y]. The predicted molar refractivity (Wildman–Crippen MR) is 41.0 cm³/mol. The van der Waals surface area contributed by atoms with Crippen molar-refractivity contribution in [2.75, 3.05) is 27.5 Å². The molecule has 5 heteroatoms. The van der Waals surface area contributed by atoms with Crippen LogP contribution in [0.3, 0.4) is 0 Å². The third kappa shape index (κ3) is 12.0. The Morgan fingerprint density at radius 3 is 2.00 bits per heavy atom. The molecule has 0 aliphatic heterocycles. The Balaban J connectivity index is -0.000000245. The summed E-state index contributed by atoms with van der Waals surface area (Å²) < 4.78 is 15.1. The molecule has 3 nitrogen and oxygen atoms in total. The van der Waals surface area contributed by atoms with E-state index in [9.17, 15) is 4.57 Å². The Morgan fingerprint density at radius 2 is 1.90 bits per heavy atom. The van der Waals surface area contributed by atoms with Crippen molar-refractivity contribution in [3.63, 3.8) is 0 Å². The van der Waals surface area contributed by atoms with Gasteiger partial charge < -0.3 is 16.9 Å². The maximum Gasteiger partial charge on any atom is 0.204 e. The van der Waals surface area contributed by atoms with Gasteiger partial charge in [-0.2, -0.15) is 0 Å². The first-order chi connectivity index (χ1) is 3.66. The molecule has 0 amide bonds. The van der Waals surface area contributed by atoms with Crippen molar-refractivity contribution >= 4 is 8.03 Å². The van der Waals surface area contributed by atoms with Gasteiger partial charge in [0.2, 0.25) is 8.03 Å². The zero-order chi connectivity index (χ0) is 6.57. The summed E-state index contributed by atoms with van der Waals surface area (Å²) in [6.45, 7) is 0. The largest absolute Gasteiger partial charge is 0.358 e. The van der Waals surface area contributed by atoms with Crippen LogP contribution in [0.25, 0.3) is 0 Å². The smallest absolute Gasteiger partial charge is 0.204 e. The summed E-state index contributed by atoms with van der Waals surface area (Å²) >= 11 is 0. The summed E-state index contributed by atoms with van der Waals surface area (Å²) in [5, 5.41) is 0. The van der Waals surface area contributed by atoms with Crippen molar-refractivity contribution in [3.05, 3.63) is 7.43 Å². The molecular formula is C5H15NO2PY-. The van der Waals surface area contributed by atoms with Crippen LogP contribution in [0.4, 0.5) is 0 Å². The van der Waals surface area contributed by atoms with E-state index in [1.54, 1.807) is 0 Å². The second kappa shape index (κ2) is 10.3. The zero-order valence-corrected chi connectivity index (χ0v) is 10.9. The van der Waals surface area contributed by atoms with Crippen LogP contribution in [0.5, 0.6) is 0 Å². The molecule has 10 heavy (non-hydrogen) atoms. The maximum absolute atomic E-state index is 10.5. The minimum Gasteiger partial charge on any atom is -0.358 e. The molecule has 0 fully saturated rings. The molecule has 1 radical (unpaired) electrons. The summed E-state index contributed by atoms with van der Waals surface area (Å²) in [6, 6.07) is 0. The summed E-state index contributed by atoms with van der Waals surface area (Å²) in [6.07, 6.45) is 0.543. The molecule has 0 spiro atoms. The van der Waals surface area contributed by atoms with Crippen molar-refractivity contribution < 1.29 is 41.8 Å². The van der Waals surface area contributed by atoms with E-state index in [1.807, 2.05) is 19.0 Å². The van der Waals surface area contributed by atoms with Gasteiger partial charge in [0.05, 0.1) is 6.29 Å². The average molecular weight is 241 g/mol. The van der Waals surface area contributed by atoms with Crippen molar-refractivity contribution in [2.24, 2.45) is 0 Å². The van der Waals surface area contributed by atoms with Crippen molar-refractivity contribution in [1.29, 1.82) is 0 Å². The predicted octanol–water partition coefficient (Wildman–Crippen LogP) is 1.07. The topological polar surface area (TPSA) is 29.5 Å². The van der Waals surface area contributed by atoms with Gasteiger partial charge in [0, 0.05) is 39.8 Å². The molecule has 0 rings (SSSR count). The fourth-order valence-electron chi connectivity index (χ4n) is 0.323. The third-order valence-corrected chi connectivity index (χ3v) is 2.02. The summed E-state index contributed by atoms with van der Waals surface area (Å²) in [4.78, 5) is 1.84. The first-order valence-corrected chi connectivity index (χ1v) is 3.90. The average Bonchev–Trinajstić information content (AvgIpc) is 1.65. The van der Waals surface area contributed by atoms with Gasteiger partial charge >= 0.3 is 0 Å². The molecule has 0 aliphatic rings. The summed E-state index contributed by atoms with van der Waals surface area (Å²) in [5.41, 5.74) is 0. The van der Waals surface area contributed by atoms with Crippen LogP contribution in [-0.4, -0.2) is 32.4 Å². The van der Waals surface area contributed by atoms with Gasteiger partial charge in [-0.25, -0.2) is 0 Å². The number of hydrogen-bond donors (Lipinski definition) is 0. The Hall–Kier alpha value is 1.25. The maximum atomic E-state index is 10.5. The Bertz CT molecular complexity index is 89.7. The molecule has 0 saturated heterocycles. The fourth-order valence-corrected chi connectivity index (χ4v) is 0.968. The van der Waals surface area contributed by atoms with Crippen molar-refractivity contribution in [3.8, 4) is 0 Å². The minimum atomic E-state index is -1.75. The van der Waals surface area contributed by atoms with E-state index in [4.69, 9.17) is 0 Å². The molecule has 0 heterocycles. The van der Waals surface area contributed by atoms with E-state index in [2.05, 4.69) is 4.52 Å². The normalized spacial score (nSPS) is 11.6. The van der Waals surface area contributed by atoms with Gasteiger partial charge in [-0.3, -0.25) is 4.57 Å². The van der Waals surface area contributed by atoms with Gasteiger partial charge in [0.15, 0.2) is 0 Å². The second-order valence-electron chi connectivity index (χ2n) is 1.81. The van der Waals surface area contributed by atoms with Crippen LogP contribution >= 0.6 is 8.03 Å². The third-order valence-electron chi connectivity index (χ3n) is 0.673. The van der Waals surface area contributed by atoms with Crippen LogP contribution in [0.15, 0.2) is 0 Å². The molecular weight excluding hydrogens is 226 g/mol. The van der Waals surface area contributed by atoms with Gasteiger partial charge in [-0.1, -0.05) is 0 Å². The molecule has 0 aliphatic carbocycles. The molecule has 0 aromatic heterocycles. The quantitative estimate of drug-likeness (QED) is 0.546. The van der Waals surface area contributed by atoms with E-state index in [1.165, 1.54) is 7.11 Å². The number of hydrogen-bond acceptors (Lipinski definition) is 3. The summed E-state index contributed by atoms with van der Waals surface area (Å²) in [7, 11) is 3.44. The summed E-state index contributed by atoms with van der Waals surface area (Å²) in [5.74, 6) is 0. The molecule has 1 unspecified atom stereocenters. The Kier molecular flexibility index (Phi) is 17.8. The Labute approximate surface area is 89.3 Å². The first kappa shape index (κ1) is 17.4. The zero-order valence-electron chi connectivity index (χ0n) is 7.05. The van der Waals surface area contributed by atoms with Crippen LogP contribution in [0, 0.1) is 7.43 Å². The van der Waals surface area contributed by atoms with Gasteiger partial charge in [-0.05, 0) is 14.1 Å². The standard InChI is InChI=1S/C4H12NO2P.CH3.Y/c1-5(2)4-8(6)7-3;;/h8H,4H2,1-3H3;1H3;/q;-1;. The molecule has 0 aromatic rings. The van der Waals surface area contributed by atoms with Gasteiger partial charge in [0.25, 0.3) is 0 Å². The fraction of sp³-hybridized carbons (Fsp3) is 0.800. The number of rotatable bonds is 3. The van der Waals surface area contributed by atoms with Crippen LogP contribution in [0.2, 0.25) is 0 Å². The van der Waals surface area contributed by atoms with E-state index in [-0.39, 0.29) is 40.1 Å². The molecule has 61 valence electrons. The van der Waals surface area contributed by atoms with E-state index in [0.29, 0.717) is 6.29 Å².